The lowest BCUT2D eigenvalue weighted by atomic mass is 10.3. The first-order valence-corrected chi connectivity index (χ1v) is 5.08. The molecule has 3 nitrogen and oxygen atoms in total. The van der Waals surface area contributed by atoms with Crippen LogP contribution in [0.5, 0.6) is 0 Å². The first-order chi connectivity index (χ1) is 6.83. The van der Waals surface area contributed by atoms with Gasteiger partial charge >= 0.3 is 0 Å². The molecule has 0 radical (unpaired) electrons. The standard InChI is InChI=1S/C10H10NO2S/c1-8-11(6-13-7-12)9-4-2-3-5-10(9)14-8/h2-5,7H,6H2,1H3/q+1. The molecule has 4 heteroatoms. The summed E-state index contributed by atoms with van der Waals surface area (Å²) >= 11 is 1.70. The predicted molar refractivity (Wildman–Crippen MR) is 53.9 cm³/mol. The SMILES string of the molecule is Cc1sc2ccccc2[n+]1COC=O. The van der Waals surface area contributed by atoms with Gasteiger partial charge in [-0.15, -0.1) is 4.57 Å². The number of aromatic nitrogens is 1. The van der Waals surface area contributed by atoms with Gasteiger partial charge in [-0.3, -0.25) is 4.79 Å². The summed E-state index contributed by atoms with van der Waals surface area (Å²) in [5, 5.41) is 1.13. The average Bonchev–Trinajstić information content (AvgIpc) is 2.51. The second kappa shape index (κ2) is 3.75. The van der Waals surface area contributed by atoms with Crippen LogP contribution in [0.3, 0.4) is 0 Å². The molecule has 1 aromatic carbocycles. The Bertz CT molecular complexity index is 464. The molecule has 0 N–H and O–H groups in total. The molecule has 2 aromatic rings. The molecule has 0 unspecified atom stereocenters. The van der Waals surface area contributed by atoms with Crippen LogP contribution in [0.1, 0.15) is 5.01 Å². The largest absolute Gasteiger partial charge is 0.407 e. The van der Waals surface area contributed by atoms with E-state index in [4.69, 9.17) is 4.74 Å². The van der Waals surface area contributed by atoms with E-state index in [1.54, 1.807) is 11.3 Å². The van der Waals surface area contributed by atoms with E-state index in [0.717, 1.165) is 10.5 Å². The van der Waals surface area contributed by atoms with Crippen molar-refractivity contribution in [2.45, 2.75) is 13.7 Å². The summed E-state index contributed by atoms with van der Waals surface area (Å²) in [4.78, 5) is 10.1. The average molecular weight is 208 g/mol. The summed E-state index contributed by atoms with van der Waals surface area (Å²) < 4.78 is 7.94. The van der Waals surface area contributed by atoms with E-state index in [9.17, 15) is 4.79 Å². The number of thiazole rings is 1. The Hall–Kier alpha value is -1.42. The van der Waals surface area contributed by atoms with Crippen LogP contribution in [0.4, 0.5) is 0 Å². The molecule has 72 valence electrons. The number of para-hydroxylation sites is 1. The highest BCUT2D eigenvalue weighted by Gasteiger charge is 2.15. The number of ether oxygens (including phenoxy) is 1. The fraction of sp³-hybridized carbons (Fsp3) is 0.200. The molecule has 0 aliphatic rings. The molecule has 0 fully saturated rings. The second-order valence-corrected chi connectivity index (χ2v) is 4.14. The van der Waals surface area contributed by atoms with Crippen molar-refractivity contribution in [1.82, 2.24) is 0 Å². The van der Waals surface area contributed by atoms with Crippen molar-refractivity contribution in [3.63, 3.8) is 0 Å². The first-order valence-electron chi connectivity index (χ1n) is 4.26. The van der Waals surface area contributed by atoms with Gasteiger partial charge in [0.2, 0.25) is 10.5 Å². The van der Waals surface area contributed by atoms with Gasteiger partial charge in [0.05, 0.1) is 0 Å². The number of carbonyl (C=O) groups is 1. The summed E-state index contributed by atoms with van der Waals surface area (Å²) in [6, 6.07) is 8.06. The first kappa shape index (κ1) is 9.15. The van der Waals surface area contributed by atoms with E-state index < -0.39 is 0 Å². The number of nitrogens with zero attached hydrogens (tertiary/aromatic N) is 1. The lowest BCUT2D eigenvalue weighted by Gasteiger charge is -1.93. The van der Waals surface area contributed by atoms with Gasteiger partial charge in [-0.2, -0.15) is 0 Å². The third-order valence-corrected chi connectivity index (χ3v) is 3.15. The number of carbonyl (C=O) groups excluding carboxylic acids is 1. The minimum Gasteiger partial charge on any atom is -0.407 e. The van der Waals surface area contributed by atoms with E-state index in [1.165, 1.54) is 4.70 Å². The Balaban J connectivity index is 2.50. The Morgan fingerprint density at radius 1 is 1.50 bits per heavy atom. The number of benzene rings is 1. The van der Waals surface area contributed by atoms with Crippen molar-refractivity contribution in [3.8, 4) is 0 Å². The van der Waals surface area contributed by atoms with E-state index >= 15 is 0 Å². The number of aryl methyl sites for hydroxylation is 1. The molecule has 0 saturated heterocycles. The van der Waals surface area contributed by atoms with E-state index in [0.29, 0.717) is 13.2 Å². The number of hydrogen-bond acceptors (Lipinski definition) is 3. The highest BCUT2D eigenvalue weighted by atomic mass is 32.1. The summed E-state index contributed by atoms with van der Waals surface area (Å²) in [7, 11) is 0. The Morgan fingerprint density at radius 2 is 2.29 bits per heavy atom. The van der Waals surface area contributed by atoms with Crippen LogP contribution < -0.4 is 4.57 Å². The van der Waals surface area contributed by atoms with Gasteiger partial charge in [0.1, 0.15) is 4.70 Å². The van der Waals surface area contributed by atoms with Crippen molar-refractivity contribution in [2.24, 2.45) is 0 Å². The van der Waals surface area contributed by atoms with Crippen molar-refractivity contribution in [1.29, 1.82) is 0 Å². The van der Waals surface area contributed by atoms with Gasteiger partial charge in [0.15, 0.2) is 0 Å². The maximum Gasteiger partial charge on any atom is 0.297 e. The van der Waals surface area contributed by atoms with Crippen LogP contribution in [0.15, 0.2) is 24.3 Å². The molecule has 1 heterocycles. The predicted octanol–water partition coefficient (Wildman–Crippen LogP) is 1.63. The maximum absolute atomic E-state index is 10.1. The van der Waals surface area contributed by atoms with Gasteiger partial charge in [-0.1, -0.05) is 23.5 Å². The third kappa shape index (κ3) is 1.48. The summed E-state index contributed by atoms with van der Waals surface area (Å²) in [6.45, 7) is 2.77. The molecular weight excluding hydrogens is 198 g/mol. The quantitative estimate of drug-likeness (QED) is 0.567. The molecule has 0 aliphatic heterocycles. The topological polar surface area (TPSA) is 30.2 Å². The van der Waals surface area contributed by atoms with E-state index in [1.807, 2.05) is 29.7 Å². The zero-order chi connectivity index (χ0) is 9.97. The minimum atomic E-state index is 0.291. The Labute approximate surface area is 85.6 Å². The minimum absolute atomic E-state index is 0.291. The zero-order valence-corrected chi connectivity index (χ0v) is 8.58. The molecular formula is C10H10NO2S+. The van der Waals surface area contributed by atoms with Gasteiger partial charge < -0.3 is 4.74 Å². The van der Waals surface area contributed by atoms with Crippen LogP contribution >= 0.6 is 11.3 Å². The summed E-state index contributed by atoms with van der Waals surface area (Å²) in [5.74, 6) is 0. The molecule has 0 atom stereocenters. The summed E-state index contributed by atoms with van der Waals surface area (Å²) in [6.07, 6.45) is 0. The number of fused-ring (bicyclic) bond motifs is 1. The van der Waals surface area contributed by atoms with Crippen LogP contribution in [0.25, 0.3) is 10.2 Å². The molecule has 0 spiro atoms. The maximum atomic E-state index is 10.1. The van der Waals surface area contributed by atoms with Crippen LogP contribution in [0.2, 0.25) is 0 Å². The number of rotatable bonds is 3. The van der Waals surface area contributed by atoms with Crippen LogP contribution in [-0.4, -0.2) is 6.47 Å². The van der Waals surface area contributed by atoms with Gasteiger partial charge in [-0.25, -0.2) is 0 Å². The molecule has 0 saturated carbocycles. The Morgan fingerprint density at radius 3 is 3.07 bits per heavy atom. The fourth-order valence-corrected chi connectivity index (χ4v) is 2.42. The van der Waals surface area contributed by atoms with Crippen molar-refractivity contribution >= 4 is 28.0 Å². The van der Waals surface area contributed by atoms with Crippen LogP contribution in [-0.2, 0) is 16.3 Å². The zero-order valence-electron chi connectivity index (χ0n) is 7.77. The molecule has 2 rings (SSSR count). The normalized spacial score (nSPS) is 10.4. The van der Waals surface area contributed by atoms with E-state index in [2.05, 4.69) is 6.07 Å². The molecule has 14 heavy (non-hydrogen) atoms. The number of hydrogen-bond donors (Lipinski definition) is 0. The van der Waals surface area contributed by atoms with Gasteiger partial charge in [0, 0.05) is 13.0 Å². The lowest BCUT2D eigenvalue weighted by molar-refractivity contribution is -0.704. The van der Waals surface area contributed by atoms with Crippen molar-refractivity contribution < 1.29 is 14.1 Å². The van der Waals surface area contributed by atoms with Crippen molar-refractivity contribution in [3.05, 3.63) is 29.3 Å². The molecule has 0 aliphatic carbocycles. The summed E-state index contributed by atoms with van der Waals surface area (Å²) in [5.41, 5.74) is 1.11. The lowest BCUT2D eigenvalue weighted by Crippen LogP contribution is -2.36. The fourth-order valence-electron chi connectivity index (χ4n) is 1.42. The van der Waals surface area contributed by atoms with Gasteiger partial charge in [0.25, 0.3) is 13.2 Å². The third-order valence-electron chi connectivity index (χ3n) is 2.07. The monoisotopic (exact) mass is 208 g/mol. The Kier molecular flexibility index (Phi) is 2.45. The van der Waals surface area contributed by atoms with E-state index in [-0.39, 0.29) is 0 Å². The van der Waals surface area contributed by atoms with Gasteiger partial charge in [-0.05, 0) is 6.07 Å². The highest BCUT2D eigenvalue weighted by molar-refractivity contribution is 7.18. The van der Waals surface area contributed by atoms with Crippen molar-refractivity contribution in [2.75, 3.05) is 0 Å². The molecule has 1 aromatic heterocycles. The van der Waals surface area contributed by atoms with Crippen LogP contribution in [0, 0.1) is 6.92 Å². The second-order valence-electron chi connectivity index (χ2n) is 2.91. The highest BCUT2D eigenvalue weighted by Crippen LogP contribution is 2.18. The molecule has 0 amide bonds. The smallest absolute Gasteiger partial charge is 0.297 e. The molecule has 0 bridgehead atoms.